The quantitative estimate of drug-likeness (QED) is 0.498. The van der Waals surface area contributed by atoms with Crippen molar-refractivity contribution in [3.05, 3.63) is 69.8 Å². The highest BCUT2D eigenvalue weighted by atomic mass is 79.9. The van der Waals surface area contributed by atoms with Crippen molar-refractivity contribution in [2.45, 2.75) is 20.0 Å². The summed E-state index contributed by atoms with van der Waals surface area (Å²) in [6.07, 6.45) is 2.86. The van der Waals surface area contributed by atoms with Gasteiger partial charge >= 0.3 is 0 Å². The molecule has 0 fully saturated rings. The summed E-state index contributed by atoms with van der Waals surface area (Å²) >= 11 is 6.32. The molecule has 0 aromatic heterocycles. The smallest absolute Gasteiger partial charge is 0.244 e. The summed E-state index contributed by atoms with van der Waals surface area (Å²) < 4.78 is 7.73. The van der Waals surface area contributed by atoms with Crippen molar-refractivity contribution < 1.29 is 9.53 Å². The molecule has 0 atom stereocenters. The van der Waals surface area contributed by atoms with Crippen LogP contribution in [0.25, 0.3) is 6.08 Å². The van der Waals surface area contributed by atoms with E-state index in [1.54, 1.807) is 17.8 Å². The number of halogens is 1. The lowest BCUT2D eigenvalue weighted by molar-refractivity contribution is -0.107. The zero-order valence-corrected chi connectivity index (χ0v) is 17.5. The molecule has 1 heterocycles. The lowest BCUT2D eigenvalue weighted by Crippen LogP contribution is -1.97. The van der Waals surface area contributed by atoms with Crippen LogP contribution in [-0.4, -0.2) is 15.2 Å². The predicted molar refractivity (Wildman–Crippen MR) is 116 cm³/mol. The van der Waals surface area contributed by atoms with E-state index in [9.17, 15) is 4.79 Å². The Morgan fingerprint density at radius 3 is 2.81 bits per heavy atom. The second kappa shape index (κ2) is 9.44. The van der Waals surface area contributed by atoms with Gasteiger partial charge in [-0.2, -0.15) is 0 Å². The third kappa shape index (κ3) is 5.25. The molecular formula is C20H18BrNO2S2. The average Bonchev–Trinajstić information content (AvgIpc) is 2.99. The number of hydrogen-bond donors (Lipinski definition) is 0. The predicted octanol–water partition coefficient (Wildman–Crippen LogP) is 6.14. The minimum atomic E-state index is -0.0161. The fourth-order valence-electron chi connectivity index (χ4n) is 2.29. The molecule has 1 aliphatic rings. The molecule has 1 aliphatic heterocycles. The van der Waals surface area contributed by atoms with Gasteiger partial charge in [0, 0.05) is 10.0 Å². The fourth-order valence-corrected chi connectivity index (χ4v) is 4.43. The van der Waals surface area contributed by atoms with E-state index < -0.39 is 0 Å². The maximum absolute atomic E-state index is 12.2. The number of hydrogen-bond acceptors (Lipinski definition) is 5. The van der Waals surface area contributed by atoms with E-state index in [0.29, 0.717) is 12.3 Å². The number of aliphatic imine (C=N–C) groups is 1. The summed E-state index contributed by atoms with van der Waals surface area (Å²) in [6.45, 7) is 2.59. The van der Waals surface area contributed by atoms with E-state index in [0.717, 1.165) is 37.9 Å². The monoisotopic (exact) mass is 447 g/mol. The van der Waals surface area contributed by atoms with E-state index in [4.69, 9.17) is 4.74 Å². The van der Waals surface area contributed by atoms with Crippen LogP contribution in [0.4, 0.5) is 0 Å². The molecule has 0 amide bonds. The van der Waals surface area contributed by atoms with Crippen LogP contribution in [0.3, 0.4) is 0 Å². The Bertz CT molecular complexity index is 850. The van der Waals surface area contributed by atoms with Gasteiger partial charge in [0.1, 0.15) is 22.4 Å². The van der Waals surface area contributed by atoms with Crippen LogP contribution in [0.1, 0.15) is 24.5 Å². The molecule has 0 radical (unpaired) electrons. The first kappa shape index (κ1) is 19.3. The Morgan fingerprint density at radius 2 is 2.04 bits per heavy atom. The number of carbonyl (C=O) groups excluding carboxylic acids is 1. The van der Waals surface area contributed by atoms with Gasteiger partial charge in [0.25, 0.3) is 0 Å². The number of benzene rings is 2. The normalized spacial score (nSPS) is 15.4. The van der Waals surface area contributed by atoms with Gasteiger partial charge in [0.05, 0.1) is 0 Å². The molecule has 3 nitrogen and oxygen atoms in total. The summed E-state index contributed by atoms with van der Waals surface area (Å²) in [5.74, 6) is 1.70. The minimum Gasteiger partial charge on any atom is -0.488 e. The van der Waals surface area contributed by atoms with Crippen LogP contribution in [0.2, 0.25) is 0 Å². The number of rotatable bonds is 6. The van der Waals surface area contributed by atoms with Gasteiger partial charge in [-0.1, -0.05) is 64.9 Å². The van der Waals surface area contributed by atoms with E-state index in [2.05, 4.69) is 27.8 Å². The van der Waals surface area contributed by atoms with Crippen LogP contribution in [0.5, 0.6) is 5.75 Å². The Morgan fingerprint density at radius 1 is 1.23 bits per heavy atom. The van der Waals surface area contributed by atoms with Crippen molar-refractivity contribution >= 4 is 55.0 Å². The van der Waals surface area contributed by atoms with Gasteiger partial charge in [0.2, 0.25) is 5.12 Å². The number of carbonyl (C=O) groups is 1. The van der Waals surface area contributed by atoms with E-state index in [1.165, 1.54) is 11.8 Å². The highest BCUT2D eigenvalue weighted by Gasteiger charge is 2.22. The molecule has 0 aliphatic carbocycles. The number of nitrogens with zero attached hydrogens (tertiary/aromatic N) is 1. The second-order valence-electron chi connectivity index (χ2n) is 5.60. The van der Waals surface area contributed by atoms with Crippen molar-refractivity contribution in [1.29, 1.82) is 0 Å². The van der Waals surface area contributed by atoms with E-state index >= 15 is 0 Å². The molecule has 2 aromatic rings. The van der Waals surface area contributed by atoms with Crippen molar-refractivity contribution in [2.24, 2.45) is 4.99 Å². The first-order valence-electron chi connectivity index (χ1n) is 8.27. The zero-order chi connectivity index (χ0) is 18.4. The van der Waals surface area contributed by atoms with Crippen LogP contribution in [-0.2, 0) is 11.4 Å². The molecule has 0 bridgehead atoms. The van der Waals surface area contributed by atoms with Gasteiger partial charge in [0.15, 0.2) is 0 Å². The first-order valence-corrected chi connectivity index (χ1v) is 10.9. The van der Waals surface area contributed by atoms with Gasteiger partial charge in [-0.05, 0) is 53.8 Å². The molecular weight excluding hydrogens is 430 g/mol. The zero-order valence-electron chi connectivity index (χ0n) is 14.3. The van der Waals surface area contributed by atoms with Crippen molar-refractivity contribution in [3.8, 4) is 5.75 Å². The van der Waals surface area contributed by atoms with Crippen LogP contribution in [0, 0.1) is 0 Å². The Hall–Kier alpha value is -1.50. The van der Waals surface area contributed by atoms with Crippen LogP contribution in [0.15, 0.2) is 63.7 Å². The standard InChI is InChI=1S/C20H18BrNO2S2/c1-2-10-25-20-22-17(19(23)26-20)12-15-11-16(21)8-9-18(15)24-13-14-6-4-3-5-7-14/h3-9,11-12H,2,10,13H2,1H3/b17-12-. The van der Waals surface area contributed by atoms with Crippen molar-refractivity contribution in [2.75, 3.05) is 5.75 Å². The average molecular weight is 448 g/mol. The van der Waals surface area contributed by atoms with Crippen LogP contribution >= 0.6 is 39.5 Å². The molecule has 3 rings (SSSR count). The SMILES string of the molecule is CCCSC1=N/C(=C\c2cc(Br)ccc2OCc2ccccc2)C(=O)S1. The molecule has 0 saturated carbocycles. The van der Waals surface area contributed by atoms with Crippen molar-refractivity contribution in [3.63, 3.8) is 0 Å². The highest BCUT2D eigenvalue weighted by molar-refractivity contribution is 9.10. The van der Waals surface area contributed by atoms with E-state index in [-0.39, 0.29) is 5.12 Å². The van der Waals surface area contributed by atoms with Gasteiger partial charge in [-0.15, -0.1) is 0 Å². The second-order valence-corrected chi connectivity index (χ2v) is 8.82. The molecule has 26 heavy (non-hydrogen) atoms. The van der Waals surface area contributed by atoms with Gasteiger partial charge in [-0.25, -0.2) is 4.99 Å². The molecule has 0 spiro atoms. The largest absolute Gasteiger partial charge is 0.488 e. The summed E-state index contributed by atoms with van der Waals surface area (Å²) in [7, 11) is 0. The Labute approximate surface area is 170 Å². The van der Waals surface area contributed by atoms with Crippen LogP contribution < -0.4 is 4.74 Å². The lowest BCUT2D eigenvalue weighted by atomic mass is 10.1. The summed E-state index contributed by atoms with van der Waals surface area (Å²) in [5.41, 5.74) is 2.40. The first-order chi connectivity index (χ1) is 12.7. The highest BCUT2D eigenvalue weighted by Crippen LogP contribution is 2.33. The third-order valence-electron chi connectivity index (χ3n) is 3.53. The number of ether oxygens (including phenoxy) is 1. The number of thioether (sulfide) groups is 2. The maximum atomic E-state index is 12.2. The Balaban J connectivity index is 1.81. The summed E-state index contributed by atoms with van der Waals surface area (Å²) in [6, 6.07) is 15.8. The summed E-state index contributed by atoms with van der Waals surface area (Å²) in [5, 5.41) is -0.0161. The maximum Gasteiger partial charge on any atom is 0.244 e. The summed E-state index contributed by atoms with van der Waals surface area (Å²) in [4.78, 5) is 16.7. The molecule has 2 aromatic carbocycles. The Kier molecular flexibility index (Phi) is 7.00. The molecule has 6 heteroatoms. The molecule has 0 N–H and O–H groups in total. The lowest BCUT2D eigenvalue weighted by Gasteiger charge is -2.10. The van der Waals surface area contributed by atoms with Gasteiger partial charge in [-0.3, -0.25) is 4.79 Å². The van der Waals surface area contributed by atoms with E-state index in [1.807, 2.05) is 48.5 Å². The van der Waals surface area contributed by atoms with Crippen molar-refractivity contribution in [1.82, 2.24) is 0 Å². The molecule has 0 unspecified atom stereocenters. The topological polar surface area (TPSA) is 38.7 Å². The fraction of sp³-hybridized carbons (Fsp3) is 0.200. The molecule has 0 saturated heterocycles. The van der Waals surface area contributed by atoms with Gasteiger partial charge < -0.3 is 4.74 Å². The minimum absolute atomic E-state index is 0.0161. The molecule has 134 valence electrons. The third-order valence-corrected chi connectivity index (χ3v) is 6.24.